The Labute approximate surface area is 564 Å². The van der Waals surface area contributed by atoms with Crippen LogP contribution in [0.4, 0.5) is 15.4 Å². The molecule has 5 aromatic rings. The predicted octanol–water partition coefficient (Wildman–Crippen LogP) is 8.59. The Kier molecular flexibility index (Phi) is 23.2. The highest BCUT2D eigenvalue weighted by atomic mass is 35.5. The number of anilines is 1. The molecule has 514 valence electrons. The second-order valence-corrected chi connectivity index (χ2v) is 28.5. The van der Waals surface area contributed by atoms with E-state index in [4.69, 9.17) is 30.5 Å². The van der Waals surface area contributed by atoms with Crippen LogP contribution in [0, 0.1) is 5.92 Å². The Morgan fingerprint density at radius 1 is 0.747 bits per heavy atom. The molecule has 3 aromatic carbocycles. The third-order valence-corrected chi connectivity index (χ3v) is 19.2. The van der Waals surface area contributed by atoms with Crippen LogP contribution in [0.1, 0.15) is 132 Å². The zero-order valence-corrected chi connectivity index (χ0v) is 57.6. The molecule has 0 spiro atoms. The van der Waals surface area contributed by atoms with E-state index in [9.17, 15) is 28.8 Å². The van der Waals surface area contributed by atoms with E-state index >= 15 is 0 Å². The second-order valence-electron chi connectivity index (χ2n) is 28.1. The molecular weight excluding hydrogens is 1230 g/mol. The third-order valence-electron chi connectivity index (χ3n) is 19.0. The Balaban J connectivity index is 0.652. The number of nitrogens with zero attached hydrogens (tertiary/aromatic N) is 10. The van der Waals surface area contributed by atoms with Crippen molar-refractivity contribution in [3.05, 3.63) is 113 Å². The third kappa shape index (κ3) is 18.9. The van der Waals surface area contributed by atoms with E-state index in [1.54, 1.807) is 54.7 Å². The van der Waals surface area contributed by atoms with E-state index in [0.717, 1.165) is 91.9 Å². The number of alkyl carbamates (subject to hydrolysis) is 1. The van der Waals surface area contributed by atoms with Crippen molar-refractivity contribution in [2.45, 2.75) is 129 Å². The molecule has 5 aliphatic heterocycles. The standard InChI is InChI=1S/C71H98ClN13O10/c1-9-93-60-43-57(92-8)20-17-55(60)46-85(68(91)95-70(5,6)7)48-62(87)84-28-11-14-54(45-84)52-12-10-13-53(42-52)65(88)83-40-36-80(37-41-83)44-50-22-29-79(30-23-50)47-61(86)81-38-34-78(35-39-81)31-24-59(51-15-18-56(72)19-16-51)76-66(89)71(77-67(90)94-69(2,3)4)25-32-82(33-26-71)64-58-21-27-73-63(58)74-49-75-64/h10,12-13,15-21,27,42-43,49-50,54,59H,9,11,14,22-26,28-41,44-48H2,1-8H3,(H,76,89)(H,77,90)(H,73,74,75)/t54?,59-/m0/s1. The number of piperidine rings is 3. The number of piperazine rings is 2. The van der Waals surface area contributed by atoms with Gasteiger partial charge in [-0.25, -0.2) is 19.6 Å². The van der Waals surface area contributed by atoms with E-state index < -0.39 is 28.9 Å². The van der Waals surface area contributed by atoms with Gasteiger partial charge in [-0.3, -0.25) is 38.8 Å². The highest BCUT2D eigenvalue weighted by Gasteiger charge is 2.45. The van der Waals surface area contributed by atoms with Gasteiger partial charge in [-0.15, -0.1) is 0 Å². The summed E-state index contributed by atoms with van der Waals surface area (Å²) >= 11 is 6.37. The molecule has 0 aliphatic carbocycles. The van der Waals surface area contributed by atoms with Crippen LogP contribution in [0.3, 0.4) is 0 Å². The van der Waals surface area contributed by atoms with Crippen molar-refractivity contribution in [3.63, 3.8) is 0 Å². The fourth-order valence-corrected chi connectivity index (χ4v) is 13.9. The second kappa shape index (κ2) is 31.4. The summed E-state index contributed by atoms with van der Waals surface area (Å²) in [6.45, 7) is 24.4. The molecule has 95 heavy (non-hydrogen) atoms. The average Bonchev–Trinajstić information content (AvgIpc) is 1.72. The van der Waals surface area contributed by atoms with Gasteiger partial charge in [0.25, 0.3) is 5.91 Å². The van der Waals surface area contributed by atoms with Crippen molar-refractivity contribution in [1.82, 2.24) is 59.9 Å². The summed E-state index contributed by atoms with van der Waals surface area (Å²) in [4.78, 5) is 113. The number of carbonyl (C=O) groups is 6. The van der Waals surface area contributed by atoms with Crippen LogP contribution in [0.25, 0.3) is 11.0 Å². The topological polar surface area (TPSA) is 231 Å². The molecule has 2 aromatic heterocycles. The minimum Gasteiger partial charge on any atom is -0.497 e. The summed E-state index contributed by atoms with van der Waals surface area (Å²) in [5.74, 6) is 2.23. The molecule has 0 saturated carbocycles. The number of rotatable bonds is 21. The van der Waals surface area contributed by atoms with Gasteiger partial charge < -0.3 is 54.2 Å². The molecule has 24 heteroatoms. The van der Waals surface area contributed by atoms with Crippen molar-refractivity contribution in [1.29, 1.82) is 0 Å². The summed E-state index contributed by atoms with van der Waals surface area (Å²) in [6.07, 6.45) is 7.06. The number of ether oxygens (including phenoxy) is 4. The van der Waals surface area contributed by atoms with Gasteiger partial charge in [-0.1, -0.05) is 35.9 Å². The summed E-state index contributed by atoms with van der Waals surface area (Å²) < 4.78 is 22.8. The molecule has 1 unspecified atom stereocenters. The van der Waals surface area contributed by atoms with Crippen molar-refractivity contribution in [2.75, 3.05) is 136 Å². The van der Waals surface area contributed by atoms with Gasteiger partial charge in [0.1, 0.15) is 52.6 Å². The first-order valence-corrected chi connectivity index (χ1v) is 34.4. The lowest BCUT2D eigenvalue weighted by Gasteiger charge is -2.42. The lowest BCUT2D eigenvalue weighted by atomic mass is 9.85. The number of aromatic amines is 1. The van der Waals surface area contributed by atoms with Crippen molar-refractivity contribution in [2.24, 2.45) is 5.92 Å². The number of aromatic nitrogens is 3. The SMILES string of the molecule is CCOc1cc(OC)ccc1CN(CC(=O)N1CCCC(c2cccc(C(=O)N3CCN(CC4CCN(CC(=O)N5CCN(CC[C@H](NC(=O)C6(NC(=O)OC(C)(C)C)CCN(c7ncnc8[nH]ccc78)CC6)c6ccc(Cl)cc6)CC5)CC4)CC3)c2)C1)C(=O)OC(C)(C)C. The van der Waals surface area contributed by atoms with Crippen LogP contribution in [0.2, 0.25) is 5.02 Å². The fraction of sp³-hybridized carbons (Fsp3) is 0.577. The minimum atomic E-state index is -1.25. The Hall–Kier alpha value is -7.73. The summed E-state index contributed by atoms with van der Waals surface area (Å²) in [7, 11) is 1.58. The van der Waals surface area contributed by atoms with E-state index in [0.29, 0.717) is 132 Å². The molecular formula is C71H98ClN13O10. The Morgan fingerprint density at radius 3 is 2.15 bits per heavy atom. The normalized spacial score (nSPS) is 19.0. The zero-order chi connectivity index (χ0) is 67.4. The smallest absolute Gasteiger partial charge is 0.411 e. The summed E-state index contributed by atoms with van der Waals surface area (Å²) in [5, 5.41) is 7.85. The molecule has 23 nitrogen and oxygen atoms in total. The molecule has 10 rings (SSSR count). The highest BCUT2D eigenvalue weighted by molar-refractivity contribution is 6.30. The first kappa shape index (κ1) is 70.1. The number of fused-ring (bicyclic) bond motifs is 1. The van der Waals surface area contributed by atoms with Crippen LogP contribution < -0.4 is 25.0 Å². The number of likely N-dealkylation sites (tertiary alicyclic amines) is 2. The molecule has 7 heterocycles. The van der Waals surface area contributed by atoms with Gasteiger partial charge in [0, 0.05) is 126 Å². The van der Waals surface area contributed by atoms with Crippen LogP contribution in [0.15, 0.2) is 85.3 Å². The molecule has 5 saturated heterocycles. The van der Waals surface area contributed by atoms with Crippen LogP contribution in [-0.2, 0) is 30.4 Å². The first-order chi connectivity index (χ1) is 45.5. The first-order valence-electron chi connectivity index (χ1n) is 34.0. The summed E-state index contributed by atoms with van der Waals surface area (Å²) in [6, 6.07) is 22.4. The monoisotopic (exact) mass is 1330 g/mol. The number of amides is 6. The lowest BCUT2D eigenvalue weighted by Crippen LogP contribution is -2.64. The number of carbonyl (C=O) groups excluding carboxylic acids is 6. The maximum atomic E-state index is 14.8. The number of halogens is 1. The number of nitrogens with one attached hydrogen (secondary N) is 3. The van der Waals surface area contributed by atoms with Gasteiger partial charge in [-0.2, -0.15) is 0 Å². The fourth-order valence-electron chi connectivity index (χ4n) is 13.7. The highest BCUT2D eigenvalue weighted by Crippen LogP contribution is 2.34. The number of benzene rings is 3. The van der Waals surface area contributed by atoms with E-state index in [1.807, 2.05) is 88.5 Å². The Morgan fingerprint density at radius 2 is 1.45 bits per heavy atom. The molecule has 2 atom stereocenters. The number of methoxy groups -OCH3 is 1. The van der Waals surface area contributed by atoms with Crippen LogP contribution >= 0.6 is 11.6 Å². The van der Waals surface area contributed by atoms with Gasteiger partial charge >= 0.3 is 12.2 Å². The van der Waals surface area contributed by atoms with Crippen molar-refractivity contribution in [3.8, 4) is 11.5 Å². The number of hydrogen-bond acceptors (Lipinski definition) is 16. The molecule has 5 fully saturated rings. The molecule has 0 bridgehead atoms. The number of hydrogen-bond donors (Lipinski definition) is 3. The molecule has 0 radical (unpaired) electrons. The Bertz CT molecular complexity index is 3430. The maximum absolute atomic E-state index is 14.8. The van der Waals surface area contributed by atoms with E-state index in [1.165, 1.54) is 11.2 Å². The van der Waals surface area contributed by atoms with Crippen LogP contribution in [-0.4, -0.2) is 233 Å². The van der Waals surface area contributed by atoms with Gasteiger partial charge in [-0.05, 0) is 166 Å². The quantitative estimate of drug-likeness (QED) is 0.0624. The summed E-state index contributed by atoms with van der Waals surface area (Å²) in [5.41, 5.74) is 1.26. The van der Waals surface area contributed by atoms with E-state index in [-0.39, 0.29) is 48.7 Å². The largest absolute Gasteiger partial charge is 0.497 e. The zero-order valence-electron chi connectivity index (χ0n) is 56.8. The predicted molar refractivity (Wildman–Crippen MR) is 365 cm³/mol. The maximum Gasteiger partial charge on any atom is 0.411 e. The van der Waals surface area contributed by atoms with Crippen molar-refractivity contribution < 1.29 is 47.7 Å². The lowest BCUT2D eigenvalue weighted by molar-refractivity contribution is -0.135. The average molecular weight is 1330 g/mol. The van der Waals surface area contributed by atoms with E-state index in [2.05, 4.69) is 51.3 Å². The molecule has 3 N–H and O–H groups in total. The number of H-pyrrole nitrogens is 1. The van der Waals surface area contributed by atoms with Gasteiger partial charge in [0.2, 0.25) is 17.7 Å². The van der Waals surface area contributed by atoms with Crippen LogP contribution in [0.5, 0.6) is 11.5 Å². The molecule has 5 aliphatic rings. The van der Waals surface area contributed by atoms with Crippen molar-refractivity contribution >= 4 is 64.3 Å². The molecule has 6 amide bonds. The van der Waals surface area contributed by atoms with Gasteiger partial charge in [0.05, 0.1) is 38.2 Å². The minimum absolute atomic E-state index is 0.0174. The van der Waals surface area contributed by atoms with Gasteiger partial charge in [0.15, 0.2) is 0 Å².